The van der Waals surface area contributed by atoms with Crippen molar-refractivity contribution in [2.24, 2.45) is 4.99 Å². The molecule has 0 bridgehead atoms. The molecule has 6 nitrogen and oxygen atoms in total. The molecule has 0 spiro atoms. The van der Waals surface area contributed by atoms with Gasteiger partial charge in [0.1, 0.15) is 0 Å². The number of aliphatic imine (C=N–C) groups is 1. The van der Waals surface area contributed by atoms with E-state index < -0.39 is 0 Å². The molecule has 0 unspecified atom stereocenters. The van der Waals surface area contributed by atoms with Crippen molar-refractivity contribution in [1.82, 2.24) is 15.5 Å². The first-order chi connectivity index (χ1) is 12.6. The van der Waals surface area contributed by atoms with E-state index in [1.54, 1.807) is 17.4 Å². The molecule has 0 atom stereocenters. The molecule has 142 valence electrons. The molecule has 0 saturated carbocycles. The average Bonchev–Trinajstić information content (AvgIpc) is 3.29. The molecule has 2 rings (SSSR count). The summed E-state index contributed by atoms with van der Waals surface area (Å²) in [6.45, 7) is 6.90. The van der Waals surface area contributed by atoms with E-state index in [1.807, 2.05) is 6.92 Å². The highest BCUT2D eigenvalue weighted by Crippen LogP contribution is 2.09. The predicted molar refractivity (Wildman–Crippen MR) is 107 cm³/mol. The molecule has 2 aromatic heterocycles. The zero-order chi connectivity index (χ0) is 18.8. The second-order valence-electron chi connectivity index (χ2n) is 6.03. The van der Waals surface area contributed by atoms with Crippen molar-refractivity contribution in [3.05, 3.63) is 46.0 Å². The monoisotopic (exact) mass is 376 g/mol. The Bertz CT molecular complexity index is 694. The zero-order valence-electron chi connectivity index (χ0n) is 15.7. The number of carbonyl (C=O) groups excluding carboxylic acids is 1. The first-order valence-electron chi connectivity index (χ1n) is 8.96. The van der Waals surface area contributed by atoms with Crippen LogP contribution in [0.5, 0.6) is 0 Å². The van der Waals surface area contributed by atoms with Gasteiger partial charge in [0.05, 0.1) is 6.26 Å². The Hall–Kier alpha value is -2.28. The van der Waals surface area contributed by atoms with Crippen LogP contribution in [-0.4, -0.2) is 50.0 Å². The van der Waals surface area contributed by atoms with Gasteiger partial charge in [-0.3, -0.25) is 9.79 Å². The lowest BCUT2D eigenvalue weighted by Gasteiger charge is -2.21. The van der Waals surface area contributed by atoms with Crippen molar-refractivity contribution >= 4 is 23.2 Å². The van der Waals surface area contributed by atoms with Crippen LogP contribution in [0.2, 0.25) is 0 Å². The normalized spacial score (nSPS) is 11.4. The van der Waals surface area contributed by atoms with Gasteiger partial charge in [0.2, 0.25) is 0 Å². The number of aryl methyl sites for hydroxylation is 1. The summed E-state index contributed by atoms with van der Waals surface area (Å²) >= 11 is 1.78. The maximum Gasteiger partial charge on any atom is 0.287 e. The van der Waals surface area contributed by atoms with Crippen LogP contribution in [0.15, 0.2) is 39.3 Å². The molecule has 0 aliphatic carbocycles. The Balaban J connectivity index is 1.73. The van der Waals surface area contributed by atoms with Gasteiger partial charge in [-0.1, -0.05) is 6.07 Å². The van der Waals surface area contributed by atoms with Gasteiger partial charge in [0.15, 0.2) is 11.7 Å². The van der Waals surface area contributed by atoms with E-state index in [-0.39, 0.29) is 5.91 Å². The Morgan fingerprint density at radius 2 is 2.19 bits per heavy atom. The van der Waals surface area contributed by atoms with E-state index in [0.29, 0.717) is 18.8 Å². The Labute approximate surface area is 159 Å². The lowest BCUT2D eigenvalue weighted by Crippen LogP contribution is -2.40. The van der Waals surface area contributed by atoms with Gasteiger partial charge in [-0.05, 0) is 44.2 Å². The fourth-order valence-electron chi connectivity index (χ4n) is 2.46. The first-order valence-corrected chi connectivity index (χ1v) is 9.84. The summed E-state index contributed by atoms with van der Waals surface area (Å²) in [5.74, 6) is 1.11. The van der Waals surface area contributed by atoms with Gasteiger partial charge in [-0.2, -0.15) is 0 Å². The maximum atomic E-state index is 12.0. The van der Waals surface area contributed by atoms with Gasteiger partial charge in [0, 0.05) is 43.7 Å². The third kappa shape index (κ3) is 6.22. The maximum absolute atomic E-state index is 12.0. The molecule has 2 heterocycles. The Kier molecular flexibility index (Phi) is 8.21. The molecular formula is C19H28N4O2S. The summed E-state index contributed by atoms with van der Waals surface area (Å²) in [4.78, 5) is 20.1. The third-order valence-electron chi connectivity index (χ3n) is 3.92. The van der Waals surface area contributed by atoms with E-state index in [0.717, 1.165) is 37.5 Å². The van der Waals surface area contributed by atoms with Crippen molar-refractivity contribution in [2.75, 3.05) is 33.2 Å². The van der Waals surface area contributed by atoms with Gasteiger partial charge in [0.25, 0.3) is 5.91 Å². The molecule has 0 radical (unpaired) electrons. The van der Waals surface area contributed by atoms with Crippen molar-refractivity contribution in [1.29, 1.82) is 0 Å². The number of likely N-dealkylation sites (N-methyl/N-ethyl adjacent to an activating group) is 1. The number of furan rings is 1. The highest BCUT2D eigenvalue weighted by atomic mass is 32.1. The topological polar surface area (TPSA) is 69.9 Å². The zero-order valence-corrected chi connectivity index (χ0v) is 16.6. The molecule has 26 heavy (non-hydrogen) atoms. The highest BCUT2D eigenvalue weighted by molar-refractivity contribution is 7.09. The average molecular weight is 377 g/mol. The van der Waals surface area contributed by atoms with Gasteiger partial charge < -0.3 is 20.0 Å². The molecule has 7 heteroatoms. The SMILES string of the molecule is CCNC(=NCCCNC(=O)c1occc1C)N(C)CCc1cccs1. The number of carbonyl (C=O) groups is 1. The summed E-state index contributed by atoms with van der Waals surface area (Å²) in [6, 6.07) is 6.03. The largest absolute Gasteiger partial charge is 0.459 e. The number of nitrogens with one attached hydrogen (secondary N) is 2. The summed E-state index contributed by atoms with van der Waals surface area (Å²) in [6.07, 6.45) is 3.32. The van der Waals surface area contributed by atoms with Gasteiger partial charge in [-0.25, -0.2) is 0 Å². The Morgan fingerprint density at radius 3 is 2.85 bits per heavy atom. The lowest BCUT2D eigenvalue weighted by molar-refractivity contribution is 0.0925. The molecular weight excluding hydrogens is 348 g/mol. The minimum atomic E-state index is -0.170. The van der Waals surface area contributed by atoms with Crippen molar-refractivity contribution in [2.45, 2.75) is 26.7 Å². The number of amides is 1. The number of rotatable bonds is 9. The van der Waals surface area contributed by atoms with Gasteiger partial charge in [-0.15, -0.1) is 11.3 Å². The van der Waals surface area contributed by atoms with Crippen LogP contribution in [0.1, 0.15) is 34.3 Å². The fourth-order valence-corrected chi connectivity index (χ4v) is 3.16. The van der Waals surface area contributed by atoms with E-state index >= 15 is 0 Å². The molecule has 0 saturated heterocycles. The van der Waals surface area contributed by atoms with Crippen molar-refractivity contribution in [3.8, 4) is 0 Å². The third-order valence-corrected chi connectivity index (χ3v) is 4.86. The van der Waals surface area contributed by atoms with Crippen LogP contribution in [0.3, 0.4) is 0 Å². The number of hydrogen-bond donors (Lipinski definition) is 2. The van der Waals surface area contributed by atoms with Gasteiger partial charge >= 0.3 is 0 Å². The van der Waals surface area contributed by atoms with E-state index in [1.165, 1.54) is 11.1 Å². The van der Waals surface area contributed by atoms with Crippen LogP contribution < -0.4 is 10.6 Å². The molecule has 0 aromatic carbocycles. The summed E-state index contributed by atoms with van der Waals surface area (Å²) in [7, 11) is 2.05. The van der Waals surface area contributed by atoms with Crippen LogP contribution >= 0.6 is 11.3 Å². The summed E-state index contributed by atoms with van der Waals surface area (Å²) < 4.78 is 5.19. The van der Waals surface area contributed by atoms with Crippen molar-refractivity contribution < 1.29 is 9.21 Å². The second-order valence-corrected chi connectivity index (χ2v) is 7.06. The predicted octanol–water partition coefficient (Wildman–Crippen LogP) is 2.91. The minimum Gasteiger partial charge on any atom is -0.459 e. The number of guanidine groups is 1. The summed E-state index contributed by atoms with van der Waals surface area (Å²) in [5.41, 5.74) is 0.849. The summed E-state index contributed by atoms with van der Waals surface area (Å²) in [5, 5.41) is 8.29. The Morgan fingerprint density at radius 1 is 1.35 bits per heavy atom. The highest BCUT2D eigenvalue weighted by Gasteiger charge is 2.11. The molecule has 0 fully saturated rings. The fraction of sp³-hybridized carbons (Fsp3) is 0.474. The number of nitrogens with zero attached hydrogens (tertiary/aromatic N) is 2. The lowest BCUT2D eigenvalue weighted by atomic mass is 10.2. The number of thiophene rings is 1. The van der Waals surface area contributed by atoms with Crippen LogP contribution in [-0.2, 0) is 6.42 Å². The van der Waals surface area contributed by atoms with Crippen molar-refractivity contribution in [3.63, 3.8) is 0 Å². The standard InChI is InChI=1S/C19H28N4O2S/c1-4-20-19(23(3)12-8-16-7-5-14-26-16)22-11-6-10-21-18(24)17-15(2)9-13-25-17/h5,7,9,13-14H,4,6,8,10-12H2,1-3H3,(H,20,22)(H,21,24). The van der Waals surface area contributed by atoms with E-state index in [4.69, 9.17) is 4.42 Å². The number of hydrogen-bond acceptors (Lipinski definition) is 4. The van der Waals surface area contributed by atoms with Crippen LogP contribution in [0, 0.1) is 6.92 Å². The van der Waals surface area contributed by atoms with Crippen LogP contribution in [0.4, 0.5) is 0 Å². The van der Waals surface area contributed by atoms with Crippen LogP contribution in [0.25, 0.3) is 0 Å². The second kappa shape index (κ2) is 10.7. The minimum absolute atomic E-state index is 0.170. The molecule has 2 aromatic rings. The molecule has 1 amide bonds. The molecule has 0 aliphatic rings. The van der Waals surface area contributed by atoms with E-state index in [9.17, 15) is 4.79 Å². The molecule has 2 N–H and O–H groups in total. The first kappa shape index (κ1) is 20.0. The quantitative estimate of drug-likeness (QED) is 0.401. The smallest absolute Gasteiger partial charge is 0.287 e. The molecule has 0 aliphatic heterocycles. The van der Waals surface area contributed by atoms with E-state index in [2.05, 4.69) is 52.0 Å².